The van der Waals surface area contributed by atoms with E-state index >= 15 is 0 Å². The Balaban J connectivity index is 2.52. The molecular formula is C13H16F3N3. The van der Waals surface area contributed by atoms with E-state index < -0.39 is 12.6 Å². The molecule has 0 aliphatic heterocycles. The van der Waals surface area contributed by atoms with E-state index in [0.29, 0.717) is 29.9 Å². The van der Waals surface area contributed by atoms with Crippen LogP contribution in [0.15, 0.2) is 6.07 Å². The van der Waals surface area contributed by atoms with Crippen molar-refractivity contribution in [1.82, 2.24) is 4.98 Å². The minimum Gasteiger partial charge on any atom is -0.384 e. The van der Waals surface area contributed by atoms with Gasteiger partial charge in [-0.3, -0.25) is 4.98 Å². The van der Waals surface area contributed by atoms with Crippen molar-refractivity contribution >= 4 is 5.69 Å². The third-order valence-electron chi connectivity index (χ3n) is 2.64. The maximum Gasteiger partial charge on any atom is 0.389 e. The van der Waals surface area contributed by atoms with Gasteiger partial charge in [-0.1, -0.05) is 0 Å². The lowest BCUT2D eigenvalue weighted by Crippen LogP contribution is -2.09. The molecule has 1 N–H and O–H groups in total. The molecule has 1 aromatic heterocycles. The molecule has 0 amide bonds. The SMILES string of the molecule is Cc1cc(NCCCCC(F)(F)F)c(C#N)c(C)n1. The quantitative estimate of drug-likeness (QED) is 0.830. The highest BCUT2D eigenvalue weighted by Crippen LogP contribution is 2.23. The van der Waals surface area contributed by atoms with Gasteiger partial charge in [0.1, 0.15) is 6.07 Å². The molecule has 104 valence electrons. The van der Waals surface area contributed by atoms with Crippen molar-refractivity contribution in [2.24, 2.45) is 0 Å². The number of aromatic nitrogens is 1. The Morgan fingerprint density at radius 1 is 1.32 bits per heavy atom. The normalized spacial score (nSPS) is 11.2. The summed E-state index contributed by atoms with van der Waals surface area (Å²) < 4.78 is 35.9. The van der Waals surface area contributed by atoms with Crippen molar-refractivity contribution in [3.8, 4) is 6.07 Å². The summed E-state index contributed by atoms with van der Waals surface area (Å²) in [6, 6.07) is 3.78. The van der Waals surface area contributed by atoms with Crippen LogP contribution in [0.1, 0.15) is 36.2 Å². The largest absolute Gasteiger partial charge is 0.389 e. The molecule has 0 saturated carbocycles. The van der Waals surface area contributed by atoms with Gasteiger partial charge in [-0.25, -0.2) is 0 Å². The summed E-state index contributed by atoms with van der Waals surface area (Å²) in [4.78, 5) is 4.17. The van der Waals surface area contributed by atoms with E-state index in [1.807, 2.05) is 6.92 Å². The van der Waals surface area contributed by atoms with E-state index in [9.17, 15) is 13.2 Å². The number of hydrogen-bond donors (Lipinski definition) is 1. The van der Waals surface area contributed by atoms with Gasteiger partial charge < -0.3 is 5.32 Å². The van der Waals surface area contributed by atoms with Gasteiger partial charge in [0, 0.05) is 18.7 Å². The van der Waals surface area contributed by atoms with Crippen molar-refractivity contribution in [2.45, 2.75) is 39.3 Å². The van der Waals surface area contributed by atoms with Gasteiger partial charge in [0.15, 0.2) is 0 Å². The first-order valence-corrected chi connectivity index (χ1v) is 6.02. The molecule has 0 atom stereocenters. The number of anilines is 1. The van der Waals surface area contributed by atoms with Gasteiger partial charge >= 0.3 is 6.18 Å². The van der Waals surface area contributed by atoms with E-state index in [1.165, 1.54) is 0 Å². The second-order valence-electron chi connectivity index (χ2n) is 4.38. The van der Waals surface area contributed by atoms with Gasteiger partial charge in [-0.05, 0) is 32.8 Å². The number of nitriles is 1. The number of alkyl halides is 3. The van der Waals surface area contributed by atoms with Crippen molar-refractivity contribution < 1.29 is 13.2 Å². The van der Waals surface area contributed by atoms with Crippen molar-refractivity contribution in [2.75, 3.05) is 11.9 Å². The van der Waals surface area contributed by atoms with Crippen LogP contribution >= 0.6 is 0 Å². The first kappa shape index (κ1) is 15.3. The van der Waals surface area contributed by atoms with Gasteiger partial charge in [0.25, 0.3) is 0 Å². The number of hydrogen-bond acceptors (Lipinski definition) is 3. The smallest absolute Gasteiger partial charge is 0.384 e. The molecule has 0 spiro atoms. The maximum atomic E-state index is 12.0. The van der Waals surface area contributed by atoms with Crippen molar-refractivity contribution in [3.05, 3.63) is 23.0 Å². The summed E-state index contributed by atoms with van der Waals surface area (Å²) in [5.41, 5.74) is 2.48. The lowest BCUT2D eigenvalue weighted by Gasteiger charge is -2.11. The third kappa shape index (κ3) is 5.16. The van der Waals surface area contributed by atoms with Gasteiger partial charge in [0.05, 0.1) is 16.9 Å². The Kier molecular flexibility index (Phi) is 5.16. The van der Waals surface area contributed by atoms with E-state index in [0.717, 1.165) is 5.69 Å². The van der Waals surface area contributed by atoms with Crippen LogP contribution in [0.2, 0.25) is 0 Å². The van der Waals surface area contributed by atoms with E-state index in [-0.39, 0.29) is 6.42 Å². The number of aryl methyl sites for hydroxylation is 2. The van der Waals surface area contributed by atoms with Gasteiger partial charge in [-0.2, -0.15) is 18.4 Å². The number of nitrogens with zero attached hydrogens (tertiary/aromatic N) is 2. The van der Waals surface area contributed by atoms with Crippen molar-refractivity contribution in [3.63, 3.8) is 0 Å². The zero-order valence-electron chi connectivity index (χ0n) is 10.9. The predicted octanol–water partition coefficient (Wildman–Crippen LogP) is 3.71. The molecule has 0 aliphatic carbocycles. The summed E-state index contributed by atoms with van der Waals surface area (Å²) in [7, 11) is 0. The summed E-state index contributed by atoms with van der Waals surface area (Å²) >= 11 is 0. The lowest BCUT2D eigenvalue weighted by atomic mass is 10.1. The molecule has 1 rings (SSSR count). The molecule has 1 heterocycles. The molecule has 6 heteroatoms. The third-order valence-corrected chi connectivity index (χ3v) is 2.64. The van der Waals surface area contributed by atoms with Crippen LogP contribution in [0.3, 0.4) is 0 Å². The highest BCUT2D eigenvalue weighted by atomic mass is 19.4. The van der Waals surface area contributed by atoms with Crippen LogP contribution in [-0.2, 0) is 0 Å². The zero-order valence-corrected chi connectivity index (χ0v) is 10.9. The van der Waals surface area contributed by atoms with E-state index in [4.69, 9.17) is 5.26 Å². The van der Waals surface area contributed by atoms with Gasteiger partial charge in [0.2, 0.25) is 0 Å². The summed E-state index contributed by atoms with van der Waals surface area (Å²) in [5.74, 6) is 0. The average molecular weight is 271 g/mol. The molecule has 0 fully saturated rings. The Labute approximate surface area is 110 Å². The Bertz CT molecular complexity index is 475. The lowest BCUT2D eigenvalue weighted by molar-refractivity contribution is -0.135. The van der Waals surface area contributed by atoms with Crippen LogP contribution in [0.5, 0.6) is 0 Å². The highest BCUT2D eigenvalue weighted by molar-refractivity contribution is 5.59. The van der Waals surface area contributed by atoms with Crippen LogP contribution in [0.25, 0.3) is 0 Å². The fourth-order valence-corrected chi connectivity index (χ4v) is 1.78. The zero-order chi connectivity index (χ0) is 14.5. The molecule has 1 aromatic rings. The Morgan fingerprint density at radius 3 is 2.58 bits per heavy atom. The molecule has 0 bridgehead atoms. The van der Waals surface area contributed by atoms with Crippen LogP contribution in [-0.4, -0.2) is 17.7 Å². The molecule has 0 unspecified atom stereocenters. The maximum absolute atomic E-state index is 12.0. The number of halogens is 3. The first-order valence-electron chi connectivity index (χ1n) is 6.02. The number of unbranched alkanes of at least 4 members (excludes halogenated alkanes) is 1. The number of pyridine rings is 1. The average Bonchev–Trinajstić information content (AvgIpc) is 2.26. The van der Waals surface area contributed by atoms with Crippen LogP contribution in [0.4, 0.5) is 18.9 Å². The van der Waals surface area contributed by atoms with E-state index in [2.05, 4.69) is 16.4 Å². The van der Waals surface area contributed by atoms with Crippen molar-refractivity contribution in [1.29, 1.82) is 5.26 Å². The molecule has 0 saturated heterocycles. The summed E-state index contributed by atoms with van der Waals surface area (Å²) in [5, 5.41) is 12.0. The predicted molar refractivity (Wildman–Crippen MR) is 66.8 cm³/mol. The topological polar surface area (TPSA) is 48.7 Å². The molecule has 0 aromatic carbocycles. The molecule has 19 heavy (non-hydrogen) atoms. The fourth-order valence-electron chi connectivity index (χ4n) is 1.78. The minimum atomic E-state index is -4.10. The van der Waals surface area contributed by atoms with Crippen LogP contribution in [0, 0.1) is 25.2 Å². The second kappa shape index (κ2) is 6.41. The standard InChI is InChI=1S/C13H16F3N3/c1-9-7-12(11(8-17)10(2)19-9)18-6-4-3-5-13(14,15)16/h7H,3-6H2,1-2H3,(H,18,19). The highest BCUT2D eigenvalue weighted by Gasteiger charge is 2.25. The molecular weight excluding hydrogens is 255 g/mol. The van der Waals surface area contributed by atoms with Crippen LogP contribution < -0.4 is 5.32 Å². The van der Waals surface area contributed by atoms with E-state index in [1.54, 1.807) is 13.0 Å². The number of nitrogens with one attached hydrogen (secondary N) is 1. The summed E-state index contributed by atoms with van der Waals surface area (Å²) in [6.45, 7) is 3.96. The minimum absolute atomic E-state index is 0.0848. The molecule has 0 aliphatic rings. The Morgan fingerprint density at radius 2 is 2.00 bits per heavy atom. The molecule has 3 nitrogen and oxygen atoms in total. The molecule has 0 radical (unpaired) electrons. The Hall–Kier alpha value is -1.77. The van der Waals surface area contributed by atoms with Gasteiger partial charge in [-0.15, -0.1) is 0 Å². The summed E-state index contributed by atoms with van der Waals surface area (Å²) in [6.07, 6.45) is -4.37. The fraction of sp³-hybridized carbons (Fsp3) is 0.538. The first-order chi connectivity index (χ1) is 8.83. The monoisotopic (exact) mass is 271 g/mol. The second-order valence-corrected chi connectivity index (χ2v) is 4.38. The number of rotatable bonds is 5.